The third-order valence-corrected chi connectivity index (χ3v) is 3.41. The summed E-state index contributed by atoms with van der Waals surface area (Å²) in [5, 5.41) is 9.07. The quantitative estimate of drug-likeness (QED) is 0.760. The highest BCUT2D eigenvalue weighted by molar-refractivity contribution is 5.41. The van der Waals surface area contributed by atoms with E-state index in [2.05, 4.69) is 32.9 Å². The van der Waals surface area contributed by atoms with E-state index in [1.165, 1.54) is 28.7 Å². The van der Waals surface area contributed by atoms with Crippen LogP contribution in [-0.2, 0) is 0 Å². The SMILES string of the molecule is Cc1cc(C)c(C)c(C2CC2CO)c1. The molecule has 1 aromatic rings. The predicted molar refractivity (Wildman–Crippen MR) is 58.6 cm³/mol. The van der Waals surface area contributed by atoms with Gasteiger partial charge in [-0.15, -0.1) is 0 Å². The van der Waals surface area contributed by atoms with Gasteiger partial charge in [-0.3, -0.25) is 0 Å². The molecule has 1 nitrogen and oxygen atoms in total. The van der Waals surface area contributed by atoms with Crippen LogP contribution in [0.15, 0.2) is 12.1 Å². The topological polar surface area (TPSA) is 20.2 Å². The van der Waals surface area contributed by atoms with Crippen molar-refractivity contribution in [3.63, 3.8) is 0 Å². The molecule has 1 N–H and O–H groups in total. The first-order valence-corrected chi connectivity index (χ1v) is 5.32. The molecule has 2 atom stereocenters. The first-order valence-electron chi connectivity index (χ1n) is 5.32. The molecular formula is C13H18O. The van der Waals surface area contributed by atoms with Gasteiger partial charge in [0, 0.05) is 6.61 Å². The van der Waals surface area contributed by atoms with E-state index in [4.69, 9.17) is 5.11 Å². The fraction of sp³-hybridized carbons (Fsp3) is 0.538. The summed E-state index contributed by atoms with van der Waals surface area (Å²) >= 11 is 0. The molecule has 1 heteroatoms. The van der Waals surface area contributed by atoms with Crippen molar-refractivity contribution in [1.82, 2.24) is 0 Å². The largest absolute Gasteiger partial charge is 0.396 e. The Morgan fingerprint density at radius 3 is 2.57 bits per heavy atom. The molecule has 0 spiro atoms. The maximum atomic E-state index is 9.07. The van der Waals surface area contributed by atoms with Crippen molar-refractivity contribution < 1.29 is 5.11 Å². The van der Waals surface area contributed by atoms with E-state index in [-0.39, 0.29) is 0 Å². The Hall–Kier alpha value is -0.820. The molecule has 1 aliphatic carbocycles. The van der Waals surface area contributed by atoms with Crippen LogP contribution in [0.3, 0.4) is 0 Å². The Balaban J connectivity index is 2.34. The second-order valence-electron chi connectivity index (χ2n) is 4.58. The van der Waals surface area contributed by atoms with E-state index in [1.54, 1.807) is 0 Å². The zero-order valence-electron chi connectivity index (χ0n) is 9.17. The maximum Gasteiger partial charge on any atom is 0.0465 e. The Morgan fingerprint density at radius 2 is 2.00 bits per heavy atom. The monoisotopic (exact) mass is 190 g/mol. The van der Waals surface area contributed by atoms with Crippen LogP contribution in [0, 0.1) is 26.7 Å². The van der Waals surface area contributed by atoms with Crippen LogP contribution >= 0.6 is 0 Å². The summed E-state index contributed by atoms with van der Waals surface area (Å²) in [6.07, 6.45) is 1.17. The van der Waals surface area contributed by atoms with Crippen molar-refractivity contribution in [2.75, 3.05) is 6.61 Å². The van der Waals surface area contributed by atoms with Crippen LogP contribution in [0.5, 0.6) is 0 Å². The fourth-order valence-electron chi connectivity index (χ4n) is 2.29. The molecule has 76 valence electrons. The highest BCUT2D eigenvalue weighted by atomic mass is 16.3. The molecular weight excluding hydrogens is 172 g/mol. The van der Waals surface area contributed by atoms with Gasteiger partial charge < -0.3 is 5.11 Å². The number of rotatable bonds is 2. The van der Waals surface area contributed by atoms with Gasteiger partial charge in [-0.05, 0) is 55.7 Å². The molecule has 14 heavy (non-hydrogen) atoms. The summed E-state index contributed by atoms with van der Waals surface area (Å²) in [6.45, 7) is 6.85. The molecule has 0 amide bonds. The fourth-order valence-corrected chi connectivity index (χ4v) is 2.29. The summed E-state index contributed by atoms with van der Waals surface area (Å²) in [7, 11) is 0. The molecule has 1 fully saturated rings. The average Bonchev–Trinajstić information content (AvgIpc) is 2.90. The van der Waals surface area contributed by atoms with Gasteiger partial charge in [0.05, 0.1) is 0 Å². The molecule has 0 radical (unpaired) electrons. The highest BCUT2D eigenvalue weighted by Gasteiger charge is 2.38. The third-order valence-electron chi connectivity index (χ3n) is 3.41. The van der Waals surface area contributed by atoms with Gasteiger partial charge in [0.15, 0.2) is 0 Å². The minimum absolute atomic E-state index is 0.344. The van der Waals surface area contributed by atoms with E-state index in [1.807, 2.05) is 0 Å². The lowest BCUT2D eigenvalue weighted by Crippen LogP contribution is -1.95. The predicted octanol–water partition coefficient (Wildman–Crippen LogP) is 2.71. The minimum atomic E-state index is 0.344. The average molecular weight is 190 g/mol. The van der Waals surface area contributed by atoms with Gasteiger partial charge in [0.25, 0.3) is 0 Å². The van der Waals surface area contributed by atoms with Crippen LogP contribution in [0.25, 0.3) is 0 Å². The van der Waals surface area contributed by atoms with E-state index in [0.29, 0.717) is 18.4 Å². The number of hydrogen-bond acceptors (Lipinski definition) is 1. The number of aliphatic hydroxyl groups is 1. The van der Waals surface area contributed by atoms with Crippen molar-refractivity contribution in [2.24, 2.45) is 5.92 Å². The van der Waals surface area contributed by atoms with Crippen LogP contribution in [0.1, 0.15) is 34.6 Å². The Labute approximate surface area is 85.8 Å². The number of benzene rings is 1. The van der Waals surface area contributed by atoms with E-state index >= 15 is 0 Å². The third kappa shape index (κ3) is 1.57. The summed E-state index contributed by atoms with van der Waals surface area (Å²) in [6, 6.07) is 4.51. The summed E-state index contributed by atoms with van der Waals surface area (Å²) in [5.41, 5.74) is 5.59. The van der Waals surface area contributed by atoms with Crippen molar-refractivity contribution in [2.45, 2.75) is 33.1 Å². The van der Waals surface area contributed by atoms with Gasteiger partial charge in [0.1, 0.15) is 0 Å². The van der Waals surface area contributed by atoms with Gasteiger partial charge in [-0.2, -0.15) is 0 Å². The first kappa shape index (κ1) is 9.72. The maximum absolute atomic E-state index is 9.07. The lowest BCUT2D eigenvalue weighted by molar-refractivity contribution is 0.274. The second kappa shape index (κ2) is 3.39. The molecule has 0 saturated heterocycles. The standard InChI is InChI=1S/C13H18O/c1-8-4-9(2)10(3)12(5-8)13-6-11(13)7-14/h4-5,11,13-14H,6-7H2,1-3H3. The van der Waals surface area contributed by atoms with E-state index in [0.717, 1.165) is 0 Å². The molecule has 0 aliphatic heterocycles. The van der Waals surface area contributed by atoms with Crippen LogP contribution < -0.4 is 0 Å². The Morgan fingerprint density at radius 1 is 1.29 bits per heavy atom. The normalized spacial score (nSPS) is 25.1. The Kier molecular flexibility index (Phi) is 2.36. The molecule has 0 bridgehead atoms. The lowest BCUT2D eigenvalue weighted by Gasteiger charge is -2.09. The minimum Gasteiger partial charge on any atom is -0.396 e. The van der Waals surface area contributed by atoms with E-state index in [9.17, 15) is 0 Å². The van der Waals surface area contributed by atoms with Crippen LogP contribution in [0.4, 0.5) is 0 Å². The molecule has 1 aromatic carbocycles. The number of aliphatic hydroxyl groups excluding tert-OH is 1. The van der Waals surface area contributed by atoms with Crippen LogP contribution in [-0.4, -0.2) is 11.7 Å². The van der Waals surface area contributed by atoms with Gasteiger partial charge in [-0.25, -0.2) is 0 Å². The first-order chi connectivity index (χ1) is 6.63. The molecule has 2 unspecified atom stereocenters. The lowest BCUT2D eigenvalue weighted by atomic mass is 9.96. The van der Waals surface area contributed by atoms with Gasteiger partial charge >= 0.3 is 0 Å². The van der Waals surface area contributed by atoms with E-state index < -0.39 is 0 Å². The molecule has 1 saturated carbocycles. The summed E-state index contributed by atoms with van der Waals surface area (Å²) in [5.74, 6) is 1.15. The molecule has 0 heterocycles. The number of hydrogen-bond donors (Lipinski definition) is 1. The number of aryl methyl sites for hydroxylation is 2. The zero-order valence-corrected chi connectivity index (χ0v) is 9.17. The van der Waals surface area contributed by atoms with Gasteiger partial charge in [0.2, 0.25) is 0 Å². The van der Waals surface area contributed by atoms with Crippen molar-refractivity contribution in [1.29, 1.82) is 0 Å². The Bertz CT molecular complexity index is 354. The van der Waals surface area contributed by atoms with Crippen molar-refractivity contribution in [3.8, 4) is 0 Å². The van der Waals surface area contributed by atoms with Crippen LogP contribution in [0.2, 0.25) is 0 Å². The molecule has 1 aliphatic rings. The highest BCUT2D eigenvalue weighted by Crippen LogP contribution is 2.48. The summed E-state index contributed by atoms with van der Waals surface area (Å²) < 4.78 is 0. The summed E-state index contributed by atoms with van der Waals surface area (Å²) in [4.78, 5) is 0. The molecule has 2 rings (SSSR count). The smallest absolute Gasteiger partial charge is 0.0465 e. The van der Waals surface area contributed by atoms with Gasteiger partial charge in [-0.1, -0.05) is 17.7 Å². The second-order valence-corrected chi connectivity index (χ2v) is 4.58. The van der Waals surface area contributed by atoms with Crippen molar-refractivity contribution >= 4 is 0 Å². The molecule has 0 aromatic heterocycles. The zero-order chi connectivity index (χ0) is 10.3. The van der Waals surface area contributed by atoms with Crippen molar-refractivity contribution in [3.05, 3.63) is 34.4 Å².